The highest BCUT2D eigenvalue weighted by Crippen LogP contribution is 2.13. The van der Waals surface area contributed by atoms with Gasteiger partial charge in [0.05, 0.1) is 18.0 Å². The SMILES string of the molecule is C[C@@H](NC(=O)Cc1ccccc1C(=O)O)c1ccncc1. The van der Waals surface area contributed by atoms with Crippen LogP contribution in [0.3, 0.4) is 0 Å². The molecular formula is C16H16N2O3. The number of carboxylic acids is 1. The molecular weight excluding hydrogens is 268 g/mol. The summed E-state index contributed by atoms with van der Waals surface area (Å²) in [5.41, 5.74) is 1.61. The fourth-order valence-electron chi connectivity index (χ4n) is 2.08. The third kappa shape index (κ3) is 3.89. The number of carbonyl (C=O) groups excluding carboxylic acids is 1. The molecule has 5 nitrogen and oxygen atoms in total. The average molecular weight is 284 g/mol. The van der Waals surface area contributed by atoms with E-state index in [2.05, 4.69) is 10.3 Å². The Labute approximate surface area is 122 Å². The number of hydrogen-bond acceptors (Lipinski definition) is 3. The summed E-state index contributed by atoms with van der Waals surface area (Å²) in [7, 11) is 0. The van der Waals surface area contributed by atoms with Crippen molar-refractivity contribution in [3.05, 3.63) is 65.5 Å². The van der Waals surface area contributed by atoms with Crippen molar-refractivity contribution >= 4 is 11.9 Å². The van der Waals surface area contributed by atoms with Gasteiger partial charge in [-0.2, -0.15) is 0 Å². The zero-order valence-electron chi connectivity index (χ0n) is 11.6. The van der Waals surface area contributed by atoms with Gasteiger partial charge in [-0.15, -0.1) is 0 Å². The Morgan fingerprint density at radius 3 is 2.52 bits per heavy atom. The van der Waals surface area contributed by atoms with Crippen molar-refractivity contribution in [1.29, 1.82) is 0 Å². The first-order chi connectivity index (χ1) is 10.1. The number of carbonyl (C=O) groups is 2. The number of nitrogens with zero attached hydrogens (tertiary/aromatic N) is 1. The number of carboxylic acid groups (broad SMARTS) is 1. The van der Waals surface area contributed by atoms with Gasteiger partial charge in [0.25, 0.3) is 0 Å². The van der Waals surface area contributed by atoms with E-state index in [9.17, 15) is 9.59 Å². The molecule has 0 bridgehead atoms. The Morgan fingerprint density at radius 2 is 1.86 bits per heavy atom. The molecule has 0 aliphatic heterocycles. The molecule has 108 valence electrons. The van der Waals surface area contributed by atoms with Crippen molar-refractivity contribution < 1.29 is 14.7 Å². The predicted molar refractivity (Wildman–Crippen MR) is 77.9 cm³/mol. The number of aromatic carboxylic acids is 1. The van der Waals surface area contributed by atoms with E-state index in [0.29, 0.717) is 5.56 Å². The summed E-state index contributed by atoms with van der Waals surface area (Å²) in [6.07, 6.45) is 3.37. The molecule has 2 N–H and O–H groups in total. The molecule has 2 rings (SSSR count). The lowest BCUT2D eigenvalue weighted by Crippen LogP contribution is -2.28. The standard InChI is InChI=1S/C16H16N2O3/c1-11(12-6-8-17-9-7-12)18-15(19)10-13-4-2-3-5-14(13)16(20)21/h2-9,11H,10H2,1H3,(H,18,19)(H,20,21)/t11-/m1/s1. The van der Waals surface area contributed by atoms with Crippen LogP contribution in [0.25, 0.3) is 0 Å². The molecule has 0 saturated heterocycles. The lowest BCUT2D eigenvalue weighted by molar-refractivity contribution is -0.121. The lowest BCUT2D eigenvalue weighted by atomic mass is 10.0. The largest absolute Gasteiger partial charge is 0.478 e. The van der Waals surface area contributed by atoms with Crippen LogP contribution in [0.15, 0.2) is 48.8 Å². The lowest BCUT2D eigenvalue weighted by Gasteiger charge is -2.14. The Hall–Kier alpha value is -2.69. The third-order valence-electron chi connectivity index (χ3n) is 3.18. The first-order valence-corrected chi connectivity index (χ1v) is 6.58. The van der Waals surface area contributed by atoms with E-state index < -0.39 is 5.97 Å². The Kier molecular flexibility index (Phi) is 4.66. The smallest absolute Gasteiger partial charge is 0.335 e. The highest BCUT2D eigenvalue weighted by Gasteiger charge is 2.14. The van der Waals surface area contributed by atoms with Crippen LogP contribution < -0.4 is 5.32 Å². The van der Waals surface area contributed by atoms with Crippen molar-refractivity contribution in [2.75, 3.05) is 0 Å². The van der Waals surface area contributed by atoms with Crippen LogP contribution in [-0.4, -0.2) is 22.0 Å². The monoisotopic (exact) mass is 284 g/mol. The highest BCUT2D eigenvalue weighted by atomic mass is 16.4. The second kappa shape index (κ2) is 6.65. The molecule has 0 radical (unpaired) electrons. The van der Waals surface area contributed by atoms with E-state index >= 15 is 0 Å². The maximum absolute atomic E-state index is 12.1. The first-order valence-electron chi connectivity index (χ1n) is 6.58. The van der Waals surface area contributed by atoms with Crippen LogP contribution in [0.4, 0.5) is 0 Å². The summed E-state index contributed by atoms with van der Waals surface area (Å²) in [4.78, 5) is 27.1. The van der Waals surface area contributed by atoms with E-state index in [-0.39, 0.29) is 23.9 Å². The Bertz CT molecular complexity index is 641. The maximum atomic E-state index is 12.1. The normalized spacial score (nSPS) is 11.7. The van der Waals surface area contributed by atoms with Crippen molar-refractivity contribution in [3.63, 3.8) is 0 Å². The van der Waals surface area contributed by atoms with E-state index in [1.165, 1.54) is 6.07 Å². The number of amides is 1. The van der Waals surface area contributed by atoms with Crippen LogP contribution in [0.5, 0.6) is 0 Å². The molecule has 1 amide bonds. The number of hydrogen-bond donors (Lipinski definition) is 2. The van der Waals surface area contributed by atoms with Gasteiger partial charge in [0.2, 0.25) is 5.91 Å². The van der Waals surface area contributed by atoms with Gasteiger partial charge in [-0.1, -0.05) is 18.2 Å². The summed E-state index contributed by atoms with van der Waals surface area (Å²) < 4.78 is 0. The Morgan fingerprint density at radius 1 is 1.19 bits per heavy atom. The maximum Gasteiger partial charge on any atom is 0.335 e. The minimum Gasteiger partial charge on any atom is -0.478 e. The summed E-state index contributed by atoms with van der Waals surface area (Å²) in [5, 5.41) is 12.0. The zero-order valence-corrected chi connectivity index (χ0v) is 11.6. The van der Waals surface area contributed by atoms with Gasteiger partial charge in [0.15, 0.2) is 0 Å². The fourth-order valence-corrected chi connectivity index (χ4v) is 2.08. The van der Waals surface area contributed by atoms with E-state index in [4.69, 9.17) is 5.11 Å². The molecule has 2 aromatic rings. The molecule has 1 aromatic heterocycles. The molecule has 0 aliphatic rings. The zero-order chi connectivity index (χ0) is 15.2. The molecule has 0 aliphatic carbocycles. The van der Waals surface area contributed by atoms with Gasteiger partial charge >= 0.3 is 5.97 Å². The molecule has 0 fully saturated rings. The van der Waals surface area contributed by atoms with Gasteiger partial charge < -0.3 is 10.4 Å². The van der Waals surface area contributed by atoms with Crippen molar-refractivity contribution in [2.24, 2.45) is 0 Å². The summed E-state index contributed by atoms with van der Waals surface area (Å²) in [6.45, 7) is 1.87. The molecule has 1 aromatic carbocycles. The average Bonchev–Trinajstić information content (AvgIpc) is 2.48. The van der Waals surface area contributed by atoms with Gasteiger partial charge in [0.1, 0.15) is 0 Å². The molecule has 0 unspecified atom stereocenters. The quantitative estimate of drug-likeness (QED) is 0.882. The van der Waals surface area contributed by atoms with Crippen LogP contribution in [0.2, 0.25) is 0 Å². The van der Waals surface area contributed by atoms with Crippen molar-refractivity contribution in [1.82, 2.24) is 10.3 Å². The van der Waals surface area contributed by atoms with Gasteiger partial charge in [-0.05, 0) is 36.2 Å². The number of aromatic nitrogens is 1. The second-order valence-electron chi connectivity index (χ2n) is 4.71. The topological polar surface area (TPSA) is 79.3 Å². The van der Waals surface area contributed by atoms with Crippen LogP contribution in [-0.2, 0) is 11.2 Å². The molecule has 21 heavy (non-hydrogen) atoms. The minimum atomic E-state index is -1.03. The van der Waals surface area contributed by atoms with Crippen LogP contribution >= 0.6 is 0 Å². The fraction of sp³-hybridized carbons (Fsp3) is 0.188. The van der Waals surface area contributed by atoms with Gasteiger partial charge in [0, 0.05) is 12.4 Å². The molecule has 0 spiro atoms. The molecule has 1 atom stereocenters. The van der Waals surface area contributed by atoms with E-state index in [0.717, 1.165) is 5.56 Å². The molecule has 1 heterocycles. The molecule has 5 heteroatoms. The van der Waals surface area contributed by atoms with Gasteiger partial charge in [-0.25, -0.2) is 4.79 Å². The summed E-state index contributed by atoms with van der Waals surface area (Å²) >= 11 is 0. The van der Waals surface area contributed by atoms with Gasteiger partial charge in [-0.3, -0.25) is 9.78 Å². The number of benzene rings is 1. The second-order valence-corrected chi connectivity index (χ2v) is 4.71. The van der Waals surface area contributed by atoms with Crippen LogP contribution in [0.1, 0.15) is 34.5 Å². The Balaban J connectivity index is 2.04. The van der Waals surface area contributed by atoms with E-state index in [1.807, 2.05) is 19.1 Å². The van der Waals surface area contributed by atoms with Crippen LogP contribution in [0, 0.1) is 0 Å². The number of pyridine rings is 1. The number of nitrogens with one attached hydrogen (secondary N) is 1. The van der Waals surface area contributed by atoms with Crippen molar-refractivity contribution in [2.45, 2.75) is 19.4 Å². The number of rotatable bonds is 5. The van der Waals surface area contributed by atoms with E-state index in [1.54, 1.807) is 30.6 Å². The van der Waals surface area contributed by atoms with Crippen molar-refractivity contribution in [3.8, 4) is 0 Å². The first kappa shape index (κ1) is 14.7. The minimum absolute atomic E-state index is 0.0396. The summed E-state index contributed by atoms with van der Waals surface area (Å²) in [5.74, 6) is -1.24. The molecule has 0 saturated carbocycles. The highest BCUT2D eigenvalue weighted by molar-refractivity contribution is 5.91. The summed E-state index contributed by atoms with van der Waals surface area (Å²) in [6, 6.07) is 10.0. The predicted octanol–water partition coefficient (Wildman–Crippen LogP) is 2.20. The third-order valence-corrected chi connectivity index (χ3v) is 3.18.